The molecule has 29 heavy (non-hydrogen) atoms. The van der Waals surface area contributed by atoms with E-state index in [9.17, 15) is 9.59 Å². The molecule has 2 amide bonds. The van der Waals surface area contributed by atoms with Crippen molar-refractivity contribution in [3.8, 4) is 0 Å². The number of dihydropyridines is 1. The number of fused-ring (bicyclic) bond motifs is 2. The first-order valence-electron chi connectivity index (χ1n) is 9.94. The number of amides is 2. The summed E-state index contributed by atoms with van der Waals surface area (Å²) in [6, 6.07) is 17.3. The van der Waals surface area contributed by atoms with E-state index in [1.165, 1.54) is 11.1 Å². The van der Waals surface area contributed by atoms with Crippen LogP contribution >= 0.6 is 0 Å². The minimum atomic E-state index is -0.666. The average Bonchev–Trinajstić information content (AvgIpc) is 3.53. The Hall–Kier alpha value is -3.41. The molecule has 5 rings (SSSR count). The normalized spacial score (nSPS) is 24.6. The summed E-state index contributed by atoms with van der Waals surface area (Å²) in [6.45, 7) is 0.328. The van der Waals surface area contributed by atoms with Crippen LogP contribution in [0.5, 0.6) is 0 Å². The highest BCUT2D eigenvalue weighted by molar-refractivity contribution is 6.44. The standard InChI is InChI=1S/C23H22N4O2/c28-22(27-21-13-24-17-8-4-5-9-18(17)26-23(21)29)20-11-15(16-12-19(16)25-20)10-14-6-2-1-3-7-14/h1-9,11,16,19,21,24H,10,12-13H2,(H,26,29)(H,27,28)/t16?,19?,21-/m0/s1. The van der Waals surface area contributed by atoms with Crippen LogP contribution in [0.2, 0.25) is 0 Å². The third-order valence-corrected chi connectivity index (χ3v) is 5.65. The van der Waals surface area contributed by atoms with Crippen molar-refractivity contribution < 1.29 is 9.59 Å². The van der Waals surface area contributed by atoms with E-state index in [1.807, 2.05) is 48.5 Å². The monoisotopic (exact) mass is 386 g/mol. The van der Waals surface area contributed by atoms with Crippen LogP contribution in [0, 0.1) is 5.92 Å². The zero-order valence-electron chi connectivity index (χ0n) is 15.9. The molecule has 3 aliphatic rings. The van der Waals surface area contributed by atoms with E-state index in [0.717, 1.165) is 24.2 Å². The van der Waals surface area contributed by atoms with Crippen molar-refractivity contribution in [2.75, 3.05) is 17.2 Å². The van der Waals surface area contributed by atoms with Gasteiger partial charge in [-0.2, -0.15) is 0 Å². The number of rotatable bonds is 4. The highest BCUT2D eigenvalue weighted by atomic mass is 16.2. The molecule has 1 saturated carbocycles. The molecule has 0 saturated heterocycles. The fourth-order valence-corrected chi connectivity index (χ4v) is 3.98. The molecule has 2 aromatic carbocycles. The maximum Gasteiger partial charge on any atom is 0.270 e. The van der Waals surface area contributed by atoms with E-state index in [4.69, 9.17) is 0 Å². The topological polar surface area (TPSA) is 82.6 Å². The van der Waals surface area contributed by atoms with E-state index >= 15 is 0 Å². The van der Waals surface area contributed by atoms with Crippen LogP contribution in [0.1, 0.15) is 12.0 Å². The summed E-state index contributed by atoms with van der Waals surface area (Å²) in [5, 5.41) is 8.93. The van der Waals surface area contributed by atoms with Gasteiger partial charge in [0.1, 0.15) is 11.8 Å². The Balaban J connectivity index is 1.29. The zero-order valence-corrected chi connectivity index (χ0v) is 15.9. The lowest BCUT2D eigenvalue weighted by molar-refractivity contribution is -0.122. The summed E-state index contributed by atoms with van der Waals surface area (Å²) >= 11 is 0. The molecule has 0 spiro atoms. The van der Waals surface area contributed by atoms with Crippen LogP contribution in [-0.2, 0) is 16.0 Å². The number of hydrogen-bond donors (Lipinski definition) is 3. The Morgan fingerprint density at radius 2 is 1.83 bits per heavy atom. The summed E-state index contributed by atoms with van der Waals surface area (Å²) in [7, 11) is 0. The molecule has 2 unspecified atom stereocenters. The largest absolute Gasteiger partial charge is 0.381 e. The number of para-hydroxylation sites is 2. The van der Waals surface area contributed by atoms with E-state index in [0.29, 0.717) is 18.2 Å². The fourth-order valence-electron chi connectivity index (χ4n) is 3.98. The Morgan fingerprint density at radius 1 is 1.07 bits per heavy atom. The van der Waals surface area contributed by atoms with Crippen molar-refractivity contribution in [2.45, 2.75) is 24.9 Å². The quantitative estimate of drug-likeness (QED) is 0.755. The second kappa shape index (κ2) is 7.20. The molecular weight excluding hydrogens is 364 g/mol. The first kappa shape index (κ1) is 17.7. The molecule has 146 valence electrons. The summed E-state index contributed by atoms with van der Waals surface area (Å²) in [4.78, 5) is 30.0. The van der Waals surface area contributed by atoms with Gasteiger partial charge < -0.3 is 16.0 Å². The lowest BCUT2D eigenvalue weighted by Gasteiger charge is -2.17. The summed E-state index contributed by atoms with van der Waals surface area (Å²) in [6.07, 6.45) is 3.73. The number of carbonyl (C=O) groups excluding carboxylic acids is 2. The number of carbonyl (C=O) groups is 2. The first-order chi connectivity index (χ1) is 14.2. The molecule has 2 aliphatic heterocycles. The van der Waals surface area contributed by atoms with Gasteiger partial charge in [0.2, 0.25) is 5.91 Å². The summed E-state index contributed by atoms with van der Waals surface area (Å²) in [5.74, 6) is -0.0806. The van der Waals surface area contributed by atoms with Gasteiger partial charge in [0.15, 0.2) is 0 Å². The van der Waals surface area contributed by atoms with Gasteiger partial charge in [-0.15, -0.1) is 0 Å². The number of nitrogens with zero attached hydrogens (tertiary/aromatic N) is 1. The minimum absolute atomic E-state index is 0.199. The van der Waals surface area contributed by atoms with Crippen LogP contribution in [-0.4, -0.2) is 36.2 Å². The highest BCUT2D eigenvalue weighted by Gasteiger charge is 2.43. The third-order valence-electron chi connectivity index (χ3n) is 5.65. The smallest absolute Gasteiger partial charge is 0.270 e. The SMILES string of the molecule is O=C(N[C@H]1CNc2ccccc2NC1=O)C1=NC2CC2C(Cc2ccccc2)=C1. The van der Waals surface area contributed by atoms with Crippen molar-refractivity contribution in [2.24, 2.45) is 10.9 Å². The lowest BCUT2D eigenvalue weighted by Crippen LogP contribution is -2.49. The molecule has 0 bridgehead atoms. The zero-order chi connectivity index (χ0) is 19.8. The number of aliphatic imine (C=N–C) groups is 1. The van der Waals surface area contributed by atoms with Crippen molar-refractivity contribution >= 4 is 28.9 Å². The van der Waals surface area contributed by atoms with E-state index in [-0.39, 0.29) is 17.9 Å². The predicted molar refractivity (Wildman–Crippen MR) is 113 cm³/mol. The summed E-state index contributed by atoms with van der Waals surface area (Å²) in [5.41, 5.74) is 4.46. The second-order valence-corrected chi connectivity index (χ2v) is 7.75. The van der Waals surface area contributed by atoms with Gasteiger partial charge in [0.05, 0.1) is 17.4 Å². The van der Waals surface area contributed by atoms with Crippen LogP contribution in [0.15, 0.2) is 71.2 Å². The lowest BCUT2D eigenvalue weighted by atomic mass is 9.98. The molecule has 3 N–H and O–H groups in total. The van der Waals surface area contributed by atoms with E-state index < -0.39 is 6.04 Å². The maximum absolute atomic E-state index is 12.9. The van der Waals surface area contributed by atoms with Gasteiger partial charge in [-0.1, -0.05) is 48.0 Å². The maximum atomic E-state index is 12.9. The molecule has 6 heteroatoms. The molecular formula is C23H22N4O2. The van der Waals surface area contributed by atoms with Crippen molar-refractivity contribution in [3.63, 3.8) is 0 Å². The Bertz CT molecular complexity index is 1030. The van der Waals surface area contributed by atoms with Gasteiger partial charge in [-0.05, 0) is 36.6 Å². The number of nitrogens with one attached hydrogen (secondary N) is 3. The van der Waals surface area contributed by atoms with Gasteiger partial charge in [0.25, 0.3) is 5.91 Å². The van der Waals surface area contributed by atoms with Crippen molar-refractivity contribution in [1.29, 1.82) is 0 Å². The van der Waals surface area contributed by atoms with Gasteiger partial charge >= 0.3 is 0 Å². The second-order valence-electron chi connectivity index (χ2n) is 7.75. The van der Waals surface area contributed by atoms with Crippen LogP contribution in [0.3, 0.4) is 0 Å². The third kappa shape index (κ3) is 3.66. The van der Waals surface area contributed by atoms with Gasteiger partial charge in [-0.25, -0.2) is 0 Å². The average molecular weight is 386 g/mol. The van der Waals surface area contributed by atoms with Crippen LogP contribution < -0.4 is 16.0 Å². The Labute approximate surface area is 169 Å². The number of anilines is 2. The Morgan fingerprint density at radius 3 is 2.66 bits per heavy atom. The Kier molecular flexibility index (Phi) is 4.39. The number of hydrogen-bond acceptors (Lipinski definition) is 4. The van der Waals surface area contributed by atoms with E-state index in [1.54, 1.807) is 0 Å². The predicted octanol–water partition coefficient (Wildman–Crippen LogP) is 2.55. The first-order valence-corrected chi connectivity index (χ1v) is 9.94. The van der Waals surface area contributed by atoms with Crippen molar-refractivity contribution in [1.82, 2.24) is 5.32 Å². The molecule has 2 aromatic rings. The van der Waals surface area contributed by atoms with Crippen LogP contribution in [0.4, 0.5) is 11.4 Å². The molecule has 0 radical (unpaired) electrons. The number of benzene rings is 2. The van der Waals surface area contributed by atoms with Gasteiger partial charge in [-0.3, -0.25) is 14.6 Å². The molecule has 3 atom stereocenters. The molecule has 0 aromatic heterocycles. The van der Waals surface area contributed by atoms with E-state index in [2.05, 4.69) is 33.1 Å². The molecule has 6 nitrogen and oxygen atoms in total. The minimum Gasteiger partial charge on any atom is -0.381 e. The van der Waals surface area contributed by atoms with Gasteiger partial charge in [0, 0.05) is 12.5 Å². The molecule has 2 heterocycles. The van der Waals surface area contributed by atoms with Crippen LogP contribution in [0.25, 0.3) is 0 Å². The molecule has 1 aliphatic carbocycles. The summed E-state index contributed by atoms with van der Waals surface area (Å²) < 4.78 is 0. The highest BCUT2D eigenvalue weighted by Crippen LogP contribution is 2.44. The van der Waals surface area contributed by atoms with Crippen molar-refractivity contribution in [3.05, 3.63) is 71.8 Å². The fraction of sp³-hybridized carbons (Fsp3) is 0.261. The molecule has 1 fully saturated rings.